The highest BCUT2D eigenvalue weighted by atomic mass is 32.1. The molecule has 1 atom stereocenters. The molecule has 2 rings (SSSR count). The molecule has 0 aliphatic heterocycles. The zero-order valence-electron chi connectivity index (χ0n) is 16.5. The number of nitrogens with zero attached hydrogens (tertiary/aromatic N) is 1. The normalized spacial score (nSPS) is 11.6. The van der Waals surface area contributed by atoms with Gasteiger partial charge in [-0.25, -0.2) is 14.6 Å². The van der Waals surface area contributed by atoms with Gasteiger partial charge in [-0.1, -0.05) is 19.9 Å². The summed E-state index contributed by atoms with van der Waals surface area (Å²) in [5.74, 6) is -1.13. The lowest BCUT2D eigenvalue weighted by Gasteiger charge is -2.18. The van der Waals surface area contributed by atoms with E-state index in [4.69, 9.17) is 14.2 Å². The molecule has 9 heteroatoms. The number of thiazole rings is 1. The SMILES string of the molecule is COC(=O)C(CC(C)C)NC(=O)COC(=O)c1cccc(OCc2cscn2)c1. The molecule has 0 fully saturated rings. The van der Waals surface area contributed by atoms with E-state index >= 15 is 0 Å². The number of hydrogen-bond donors (Lipinski definition) is 1. The fraction of sp³-hybridized carbons (Fsp3) is 0.400. The molecule has 1 aromatic heterocycles. The molecule has 1 N–H and O–H groups in total. The number of carbonyl (C=O) groups is 3. The van der Waals surface area contributed by atoms with Crippen molar-refractivity contribution in [1.29, 1.82) is 0 Å². The van der Waals surface area contributed by atoms with Crippen molar-refractivity contribution in [2.24, 2.45) is 5.92 Å². The third kappa shape index (κ3) is 7.53. The van der Waals surface area contributed by atoms with Gasteiger partial charge in [-0.15, -0.1) is 11.3 Å². The molecule has 1 amide bonds. The minimum absolute atomic E-state index is 0.175. The van der Waals surface area contributed by atoms with Crippen LogP contribution >= 0.6 is 11.3 Å². The van der Waals surface area contributed by atoms with Crippen LogP contribution in [0.5, 0.6) is 5.75 Å². The first-order chi connectivity index (χ1) is 13.9. The molecule has 8 nitrogen and oxygen atoms in total. The Balaban J connectivity index is 1.86. The predicted molar refractivity (Wildman–Crippen MR) is 107 cm³/mol. The zero-order chi connectivity index (χ0) is 21.2. The maximum Gasteiger partial charge on any atom is 0.338 e. The summed E-state index contributed by atoms with van der Waals surface area (Å²) in [6.07, 6.45) is 0.421. The Hall–Kier alpha value is -2.94. The van der Waals surface area contributed by atoms with Crippen LogP contribution in [0.4, 0.5) is 0 Å². The van der Waals surface area contributed by atoms with E-state index in [1.54, 1.807) is 23.7 Å². The minimum Gasteiger partial charge on any atom is -0.487 e. The second kappa shape index (κ2) is 11.2. The van der Waals surface area contributed by atoms with Crippen LogP contribution in [0.25, 0.3) is 0 Å². The Morgan fingerprint density at radius 2 is 2.03 bits per heavy atom. The van der Waals surface area contributed by atoms with Crippen LogP contribution < -0.4 is 10.1 Å². The summed E-state index contributed by atoms with van der Waals surface area (Å²) in [7, 11) is 1.26. The number of methoxy groups -OCH3 is 1. The van der Waals surface area contributed by atoms with Crippen molar-refractivity contribution in [1.82, 2.24) is 10.3 Å². The van der Waals surface area contributed by atoms with Gasteiger partial charge in [-0.05, 0) is 30.5 Å². The summed E-state index contributed by atoms with van der Waals surface area (Å²) in [6, 6.07) is 5.67. The lowest BCUT2D eigenvalue weighted by Crippen LogP contribution is -2.44. The van der Waals surface area contributed by atoms with Crippen molar-refractivity contribution >= 4 is 29.2 Å². The van der Waals surface area contributed by atoms with Crippen molar-refractivity contribution in [3.8, 4) is 5.75 Å². The van der Waals surface area contributed by atoms with E-state index in [2.05, 4.69) is 10.3 Å². The van der Waals surface area contributed by atoms with Gasteiger partial charge < -0.3 is 19.5 Å². The third-order valence-electron chi connectivity index (χ3n) is 3.80. The van der Waals surface area contributed by atoms with Crippen molar-refractivity contribution in [2.75, 3.05) is 13.7 Å². The van der Waals surface area contributed by atoms with E-state index in [1.807, 2.05) is 19.2 Å². The second-order valence-electron chi connectivity index (χ2n) is 6.65. The van der Waals surface area contributed by atoms with Crippen LogP contribution in [0.2, 0.25) is 0 Å². The monoisotopic (exact) mass is 420 g/mol. The van der Waals surface area contributed by atoms with Crippen LogP contribution in [-0.4, -0.2) is 42.6 Å². The summed E-state index contributed by atoms with van der Waals surface area (Å²) in [5.41, 5.74) is 2.75. The van der Waals surface area contributed by atoms with E-state index in [0.717, 1.165) is 5.69 Å². The number of rotatable bonds is 10. The van der Waals surface area contributed by atoms with Crippen LogP contribution in [-0.2, 0) is 25.7 Å². The smallest absolute Gasteiger partial charge is 0.338 e. The molecule has 1 aromatic carbocycles. The first-order valence-corrected chi connectivity index (χ1v) is 9.97. The number of benzene rings is 1. The van der Waals surface area contributed by atoms with Crippen LogP contribution in [0.3, 0.4) is 0 Å². The molecule has 0 spiro atoms. The molecule has 0 saturated heterocycles. The molecule has 156 valence electrons. The van der Waals surface area contributed by atoms with Crippen LogP contribution in [0.1, 0.15) is 36.3 Å². The number of amides is 1. The summed E-state index contributed by atoms with van der Waals surface area (Å²) in [5, 5.41) is 4.40. The average Bonchev–Trinajstić information content (AvgIpc) is 3.23. The average molecular weight is 420 g/mol. The topological polar surface area (TPSA) is 104 Å². The van der Waals surface area contributed by atoms with E-state index in [1.165, 1.54) is 24.5 Å². The minimum atomic E-state index is -0.784. The first-order valence-electron chi connectivity index (χ1n) is 9.03. The molecule has 0 aliphatic carbocycles. The Bertz CT molecular complexity index is 822. The summed E-state index contributed by atoms with van der Waals surface area (Å²) in [6.45, 7) is 3.63. The highest BCUT2D eigenvalue weighted by molar-refractivity contribution is 7.07. The zero-order valence-corrected chi connectivity index (χ0v) is 17.4. The predicted octanol–water partition coefficient (Wildman–Crippen LogP) is 2.58. The molecule has 0 bridgehead atoms. The van der Waals surface area contributed by atoms with Gasteiger partial charge >= 0.3 is 11.9 Å². The van der Waals surface area contributed by atoms with Crippen molar-refractivity contribution in [3.05, 3.63) is 46.4 Å². The fourth-order valence-electron chi connectivity index (χ4n) is 2.46. The Morgan fingerprint density at radius 3 is 2.69 bits per heavy atom. The van der Waals surface area contributed by atoms with Crippen LogP contribution in [0, 0.1) is 5.92 Å². The Kier molecular flexibility index (Phi) is 8.60. The Morgan fingerprint density at radius 1 is 1.24 bits per heavy atom. The molecule has 1 heterocycles. The highest BCUT2D eigenvalue weighted by Gasteiger charge is 2.23. The van der Waals surface area contributed by atoms with E-state index in [0.29, 0.717) is 12.2 Å². The first kappa shape index (κ1) is 22.4. The summed E-state index contributed by atoms with van der Waals surface area (Å²) >= 11 is 1.47. The molecule has 0 radical (unpaired) electrons. The molecule has 1 unspecified atom stereocenters. The quantitative estimate of drug-likeness (QED) is 0.589. The summed E-state index contributed by atoms with van der Waals surface area (Å²) in [4.78, 5) is 40.2. The van der Waals surface area contributed by atoms with Gasteiger partial charge in [0.05, 0.1) is 23.9 Å². The lowest BCUT2D eigenvalue weighted by molar-refractivity contribution is -0.145. The van der Waals surface area contributed by atoms with Crippen molar-refractivity contribution in [2.45, 2.75) is 32.9 Å². The van der Waals surface area contributed by atoms with Gasteiger partial charge in [-0.2, -0.15) is 0 Å². The largest absolute Gasteiger partial charge is 0.487 e. The molecular weight excluding hydrogens is 396 g/mol. The molecule has 0 saturated carbocycles. The van der Waals surface area contributed by atoms with Gasteiger partial charge in [0.2, 0.25) is 0 Å². The van der Waals surface area contributed by atoms with Crippen molar-refractivity contribution < 1.29 is 28.6 Å². The standard InChI is InChI=1S/C20H24N2O6S/c1-13(2)7-17(20(25)26-3)22-18(23)10-28-19(24)14-5-4-6-16(8-14)27-9-15-11-29-12-21-15/h4-6,8,11-13,17H,7,9-10H2,1-3H3,(H,22,23). The third-order valence-corrected chi connectivity index (χ3v) is 4.44. The maximum absolute atomic E-state index is 12.2. The molecule has 29 heavy (non-hydrogen) atoms. The second-order valence-corrected chi connectivity index (χ2v) is 7.36. The number of ether oxygens (including phenoxy) is 3. The number of carbonyl (C=O) groups excluding carboxylic acids is 3. The highest BCUT2D eigenvalue weighted by Crippen LogP contribution is 2.16. The van der Waals surface area contributed by atoms with Crippen molar-refractivity contribution in [3.63, 3.8) is 0 Å². The molecular formula is C20H24N2O6S. The number of esters is 2. The van der Waals surface area contributed by atoms with E-state index < -0.39 is 30.5 Å². The maximum atomic E-state index is 12.2. The van der Waals surface area contributed by atoms with Gasteiger partial charge in [-0.3, -0.25) is 4.79 Å². The molecule has 2 aromatic rings. The lowest BCUT2D eigenvalue weighted by atomic mass is 10.0. The Labute approximate surface area is 173 Å². The van der Waals surface area contributed by atoms with E-state index in [-0.39, 0.29) is 18.1 Å². The number of nitrogens with one attached hydrogen (secondary N) is 1. The van der Waals surface area contributed by atoms with Gasteiger partial charge in [0.15, 0.2) is 6.61 Å². The molecule has 0 aliphatic rings. The number of hydrogen-bond acceptors (Lipinski definition) is 8. The summed E-state index contributed by atoms with van der Waals surface area (Å²) < 4.78 is 15.3. The number of aromatic nitrogens is 1. The van der Waals surface area contributed by atoms with Crippen LogP contribution in [0.15, 0.2) is 35.2 Å². The van der Waals surface area contributed by atoms with Gasteiger partial charge in [0.1, 0.15) is 18.4 Å². The van der Waals surface area contributed by atoms with Gasteiger partial charge in [0.25, 0.3) is 5.91 Å². The fourth-order valence-corrected chi connectivity index (χ4v) is 3.00. The van der Waals surface area contributed by atoms with E-state index in [9.17, 15) is 14.4 Å². The van der Waals surface area contributed by atoms with Gasteiger partial charge in [0, 0.05) is 5.38 Å².